The standard InChI is InChI=1S/C16H22N6O2/c1-11-5-7-17-15(18-11)21(2)12-6-8-22(10-12)16-19-13(23-3)9-14(20-16)24-4/h5,7,9,12H,6,8,10H2,1-4H3. The van der Waals surface area contributed by atoms with Gasteiger partial charge in [0, 0.05) is 32.0 Å². The van der Waals surface area contributed by atoms with Crippen LogP contribution in [0.25, 0.3) is 0 Å². The van der Waals surface area contributed by atoms with Gasteiger partial charge in [0.2, 0.25) is 23.7 Å². The highest BCUT2D eigenvalue weighted by Crippen LogP contribution is 2.25. The minimum atomic E-state index is 0.299. The Morgan fingerprint density at radius 2 is 1.88 bits per heavy atom. The van der Waals surface area contributed by atoms with Crippen molar-refractivity contribution >= 4 is 11.9 Å². The Morgan fingerprint density at radius 1 is 1.17 bits per heavy atom. The smallest absolute Gasteiger partial charge is 0.232 e. The van der Waals surface area contributed by atoms with Crippen LogP contribution in [0.5, 0.6) is 11.8 Å². The molecule has 0 radical (unpaired) electrons. The summed E-state index contributed by atoms with van der Waals surface area (Å²) in [6, 6.07) is 3.87. The van der Waals surface area contributed by atoms with Crippen molar-refractivity contribution in [1.82, 2.24) is 19.9 Å². The molecular weight excluding hydrogens is 308 g/mol. The Bertz CT molecular complexity index is 688. The second-order valence-electron chi connectivity index (χ2n) is 5.75. The molecule has 1 atom stereocenters. The largest absolute Gasteiger partial charge is 0.481 e. The molecule has 1 fully saturated rings. The summed E-state index contributed by atoms with van der Waals surface area (Å²) in [6.45, 7) is 3.62. The lowest BCUT2D eigenvalue weighted by Crippen LogP contribution is -2.36. The third kappa shape index (κ3) is 3.32. The molecule has 1 aliphatic heterocycles. The van der Waals surface area contributed by atoms with Crippen molar-refractivity contribution in [1.29, 1.82) is 0 Å². The van der Waals surface area contributed by atoms with E-state index in [2.05, 4.69) is 29.7 Å². The fraction of sp³-hybridized carbons (Fsp3) is 0.500. The Kier molecular flexibility index (Phi) is 4.64. The van der Waals surface area contributed by atoms with Gasteiger partial charge < -0.3 is 19.3 Å². The molecule has 1 saturated heterocycles. The molecule has 0 amide bonds. The van der Waals surface area contributed by atoms with Crippen LogP contribution in [-0.2, 0) is 0 Å². The van der Waals surface area contributed by atoms with E-state index < -0.39 is 0 Å². The van der Waals surface area contributed by atoms with Gasteiger partial charge in [-0.3, -0.25) is 0 Å². The first-order chi connectivity index (χ1) is 11.6. The Labute approximate surface area is 141 Å². The van der Waals surface area contributed by atoms with Crippen LogP contribution in [0.15, 0.2) is 18.3 Å². The quantitative estimate of drug-likeness (QED) is 0.812. The maximum absolute atomic E-state index is 5.23. The molecule has 0 aliphatic carbocycles. The Balaban J connectivity index is 1.75. The molecule has 0 saturated carbocycles. The van der Waals surface area contributed by atoms with Gasteiger partial charge in [-0.1, -0.05) is 0 Å². The molecule has 2 aromatic rings. The molecule has 0 N–H and O–H groups in total. The normalized spacial score (nSPS) is 17.0. The molecule has 24 heavy (non-hydrogen) atoms. The minimum absolute atomic E-state index is 0.299. The lowest BCUT2D eigenvalue weighted by Gasteiger charge is -2.25. The number of aryl methyl sites for hydroxylation is 1. The van der Waals surface area contributed by atoms with E-state index in [-0.39, 0.29) is 0 Å². The van der Waals surface area contributed by atoms with Gasteiger partial charge in [0.05, 0.1) is 26.3 Å². The molecule has 3 heterocycles. The number of aromatic nitrogens is 4. The zero-order chi connectivity index (χ0) is 17.1. The fourth-order valence-electron chi connectivity index (χ4n) is 2.75. The van der Waals surface area contributed by atoms with Gasteiger partial charge in [-0.25, -0.2) is 9.97 Å². The first kappa shape index (κ1) is 16.2. The average molecular weight is 330 g/mol. The van der Waals surface area contributed by atoms with Crippen molar-refractivity contribution in [3.05, 3.63) is 24.0 Å². The third-order valence-corrected chi connectivity index (χ3v) is 4.18. The summed E-state index contributed by atoms with van der Waals surface area (Å²) in [7, 11) is 5.19. The van der Waals surface area contributed by atoms with E-state index >= 15 is 0 Å². The van der Waals surface area contributed by atoms with E-state index in [0.717, 1.165) is 31.2 Å². The minimum Gasteiger partial charge on any atom is -0.481 e. The number of nitrogens with zero attached hydrogens (tertiary/aromatic N) is 6. The molecule has 128 valence electrons. The summed E-state index contributed by atoms with van der Waals surface area (Å²) in [5.74, 6) is 2.35. The van der Waals surface area contributed by atoms with Crippen LogP contribution in [0.1, 0.15) is 12.1 Å². The molecule has 3 rings (SSSR count). The van der Waals surface area contributed by atoms with Crippen molar-refractivity contribution in [3.63, 3.8) is 0 Å². The SMILES string of the molecule is COc1cc(OC)nc(N2CCC(N(C)c3nccc(C)n3)C2)n1. The van der Waals surface area contributed by atoms with Crippen LogP contribution in [0.2, 0.25) is 0 Å². The topological polar surface area (TPSA) is 76.5 Å². The second-order valence-corrected chi connectivity index (χ2v) is 5.75. The monoisotopic (exact) mass is 330 g/mol. The van der Waals surface area contributed by atoms with Crippen molar-refractivity contribution in [2.45, 2.75) is 19.4 Å². The van der Waals surface area contributed by atoms with E-state index in [1.54, 1.807) is 26.5 Å². The van der Waals surface area contributed by atoms with E-state index in [9.17, 15) is 0 Å². The van der Waals surface area contributed by atoms with Gasteiger partial charge in [-0.05, 0) is 19.4 Å². The van der Waals surface area contributed by atoms with Crippen LogP contribution in [0.3, 0.4) is 0 Å². The van der Waals surface area contributed by atoms with Gasteiger partial charge in [0.15, 0.2) is 0 Å². The van der Waals surface area contributed by atoms with Crippen LogP contribution >= 0.6 is 0 Å². The number of methoxy groups -OCH3 is 2. The number of hydrogen-bond acceptors (Lipinski definition) is 8. The number of anilines is 2. The van der Waals surface area contributed by atoms with Crippen LogP contribution in [-0.4, -0.2) is 60.3 Å². The molecule has 0 aromatic carbocycles. The van der Waals surface area contributed by atoms with Gasteiger partial charge in [-0.15, -0.1) is 0 Å². The van der Waals surface area contributed by atoms with Crippen LogP contribution < -0.4 is 19.3 Å². The summed E-state index contributed by atoms with van der Waals surface area (Å²) in [4.78, 5) is 22.0. The van der Waals surface area contributed by atoms with E-state index in [0.29, 0.717) is 23.8 Å². The highest BCUT2D eigenvalue weighted by molar-refractivity contribution is 5.41. The van der Waals surface area contributed by atoms with E-state index in [1.807, 2.05) is 20.0 Å². The summed E-state index contributed by atoms with van der Waals surface area (Å²) >= 11 is 0. The summed E-state index contributed by atoms with van der Waals surface area (Å²) in [5, 5.41) is 0. The van der Waals surface area contributed by atoms with E-state index in [1.165, 1.54) is 0 Å². The summed E-state index contributed by atoms with van der Waals surface area (Å²) in [5.41, 5.74) is 0.961. The summed E-state index contributed by atoms with van der Waals surface area (Å²) < 4.78 is 10.5. The Hall–Kier alpha value is -2.64. The summed E-state index contributed by atoms with van der Waals surface area (Å²) in [6.07, 6.45) is 2.77. The molecule has 2 aromatic heterocycles. The highest BCUT2D eigenvalue weighted by atomic mass is 16.5. The molecule has 0 bridgehead atoms. The predicted molar refractivity (Wildman–Crippen MR) is 90.9 cm³/mol. The van der Waals surface area contributed by atoms with Gasteiger partial charge >= 0.3 is 0 Å². The first-order valence-electron chi connectivity index (χ1n) is 7.85. The van der Waals surface area contributed by atoms with Crippen molar-refractivity contribution < 1.29 is 9.47 Å². The highest BCUT2D eigenvalue weighted by Gasteiger charge is 2.29. The fourth-order valence-corrected chi connectivity index (χ4v) is 2.75. The van der Waals surface area contributed by atoms with Crippen molar-refractivity contribution in [2.24, 2.45) is 0 Å². The van der Waals surface area contributed by atoms with Gasteiger partial charge in [0.25, 0.3) is 0 Å². The Morgan fingerprint density at radius 3 is 2.50 bits per heavy atom. The van der Waals surface area contributed by atoms with Gasteiger partial charge in [0.1, 0.15) is 0 Å². The molecule has 1 aliphatic rings. The molecule has 8 nitrogen and oxygen atoms in total. The number of hydrogen-bond donors (Lipinski definition) is 0. The number of likely N-dealkylation sites (N-methyl/N-ethyl adjacent to an activating group) is 1. The van der Waals surface area contributed by atoms with Crippen LogP contribution in [0.4, 0.5) is 11.9 Å². The maximum atomic E-state index is 5.23. The molecule has 0 spiro atoms. The lowest BCUT2D eigenvalue weighted by molar-refractivity contribution is 0.372. The number of ether oxygens (including phenoxy) is 2. The average Bonchev–Trinajstić information content (AvgIpc) is 3.10. The van der Waals surface area contributed by atoms with E-state index in [4.69, 9.17) is 9.47 Å². The van der Waals surface area contributed by atoms with Crippen molar-refractivity contribution in [3.8, 4) is 11.8 Å². The predicted octanol–water partition coefficient (Wildman–Crippen LogP) is 1.31. The molecule has 1 unspecified atom stereocenters. The zero-order valence-corrected chi connectivity index (χ0v) is 14.4. The molecule has 8 heteroatoms. The first-order valence-corrected chi connectivity index (χ1v) is 7.85. The zero-order valence-electron chi connectivity index (χ0n) is 14.4. The number of rotatable bonds is 5. The lowest BCUT2D eigenvalue weighted by atomic mass is 10.2. The van der Waals surface area contributed by atoms with Crippen LogP contribution in [0, 0.1) is 6.92 Å². The second kappa shape index (κ2) is 6.86. The third-order valence-electron chi connectivity index (χ3n) is 4.18. The maximum Gasteiger partial charge on any atom is 0.232 e. The molecular formula is C16H22N6O2. The van der Waals surface area contributed by atoms with Gasteiger partial charge in [-0.2, -0.15) is 9.97 Å². The van der Waals surface area contributed by atoms with Crippen molar-refractivity contribution in [2.75, 3.05) is 44.2 Å².